The van der Waals surface area contributed by atoms with Crippen LogP contribution in [0.15, 0.2) is 103 Å². The Labute approximate surface area is 207 Å². The van der Waals surface area contributed by atoms with Crippen LogP contribution in [-0.4, -0.2) is 9.97 Å². The van der Waals surface area contributed by atoms with Crippen LogP contribution in [0.25, 0.3) is 44.7 Å². The Morgan fingerprint density at radius 1 is 0.629 bits per heavy atom. The van der Waals surface area contributed by atoms with E-state index >= 15 is 0 Å². The molecular weight excluding hydrogens is 424 g/mol. The fourth-order valence-corrected chi connectivity index (χ4v) is 5.61. The average molecular weight is 455 g/mol. The van der Waals surface area contributed by atoms with E-state index in [0.29, 0.717) is 5.41 Å². The summed E-state index contributed by atoms with van der Waals surface area (Å²) >= 11 is 0. The van der Waals surface area contributed by atoms with Gasteiger partial charge < -0.3 is 0 Å². The van der Waals surface area contributed by atoms with Gasteiger partial charge in [0.25, 0.3) is 0 Å². The maximum Gasteiger partial charge on any atom is 0.0803 e. The molecule has 2 aromatic heterocycles. The number of nitrogens with zero attached hydrogens (tertiary/aromatic N) is 2. The molecule has 1 fully saturated rings. The number of para-hydroxylation sites is 1. The van der Waals surface area contributed by atoms with Gasteiger partial charge in [-0.15, -0.1) is 0 Å². The van der Waals surface area contributed by atoms with Crippen LogP contribution in [0.4, 0.5) is 0 Å². The van der Waals surface area contributed by atoms with Crippen molar-refractivity contribution >= 4 is 10.9 Å². The number of fused-ring (bicyclic) bond motifs is 1. The third kappa shape index (κ3) is 4.49. The molecule has 0 unspecified atom stereocenters. The minimum Gasteiger partial charge on any atom is -0.248 e. The Morgan fingerprint density at radius 2 is 1.29 bits per heavy atom. The number of pyridine rings is 2. The van der Waals surface area contributed by atoms with Gasteiger partial charge in [0.05, 0.1) is 22.6 Å². The first-order valence-corrected chi connectivity index (χ1v) is 12.7. The molecule has 0 spiro atoms. The van der Waals surface area contributed by atoms with Crippen LogP contribution in [0.3, 0.4) is 0 Å². The van der Waals surface area contributed by atoms with Crippen molar-refractivity contribution in [3.05, 3.63) is 109 Å². The molecule has 0 saturated heterocycles. The Morgan fingerprint density at radius 3 is 2.00 bits per heavy atom. The fraction of sp³-hybridized carbons (Fsp3) is 0.212. The van der Waals surface area contributed by atoms with E-state index in [-0.39, 0.29) is 0 Å². The van der Waals surface area contributed by atoms with Gasteiger partial charge in [-0.25, -0.2) is 9.97 Å². The van der Waals surface area contributed by atoms with Gasteiger partial charge in [0.15, 0.2) is 0 Å². The first kappa shape index (κ1) is 21.7. The van der Waals surface area contributed by atoms with Crippen molar-refractivity contribution in [3.8, 4) is 33.8 Å². The lowest BCUT2D eigenvalue weighted by atomic mass is 9.82. The highest BCUT2D eigenvalue weighted by Gasteiger charge is 2.29. The topological polar surface area (TPSA) is 25.8 Å². The van der Waals surface area contributed by atoms with E-state index in [1.165, 1.54) is 31.2 Å². The van der Waals surface area contributed by atoms with Crippen LogP contribution in [0, 0.1) is 5.41 Å². The summed E-state index contributed by atoms with van der Waals surface area (Å²) < 4.78 is 0. The maximum absolute atomic E-state index is 5.18. The Balaban J connectivity index is 1.51. The molecule has 2 nitrogen and oxygen atoms in total. The maximum atomic E-state index is 5.18. The summed E-state index contributed by atoms with van der Waals surface area (Å²) in [5, 5.41) is 1.14. The molecule has 0 amide bonds. The van der Waals surface area contributed by atoms with Crippen LogP contribution in [0.5, 0.6) is 0 Å². The van der Waals surface area contributed by atoms with Gasteiger partial charge >= 0.3 is 0 Å². The Bertz CT molecular complexity index is 1470. The number of hydrogen-bond acceptors (Lipinski definition) is 2. The molecule has 5 aromatic rings. The predicted octanol–water partition coefficient (Wildman–Crippen LogP) is 8.75. The summed E-state index contributed by atoms with van der Waals surface area (Å²) in [6.45, 7) is 2.45. The van der Waals surface area contributed by atoms with Crippen LogP contribution in [0.2, 0.25) is 0 Å². The first-order valence-electron chi connectivity index (χ1n) is 12.7. The molecule has 3 aromatic carbocycles. The number of aromatic nitrogens is 2. The summed E-state index contributed by atoms with van der Waals surface area (Å²) in [5.74, 6) is 0. The molecule has 6 rings (SSSR count). The molecule has 35 heavy (non-hydrogen) atoms. The second kappa shape index (κ2) is 9.11. The molecule has 0 bridgehead atoms. The average Bonchev–Trinajstić information content (AvgIpc) is 3.34. The standard InChI is InChI=1S/C33H30N2/c1-33(19-8-9-20-33)23-24-21-30(26-13-6-3-7-14-26)34-31(22-24)28-16-10-15-27-17-18-29(35-32(27)28)25-11-4-2-5-12-25/h2-7,10-18,21-22H,8-9,19-20,23H2,1H3. The fourth-order valence-electron chi connectivity index (χ4n) is 5.61. The molecule has 0 atom stereocenters. The minimum absolute atomic E-state index is 0.379. The highest BCUT2D eigenvalue weighted by molar-refractivity contribution is 5.94. The van der Waals surface area contributed by atoms with Crippen LogP contribution < -0.4 is 0 Å². The van der Waals surface area contributed by atoms with Crippen molar-refractivity contribution in [3.63, 3.8) is 0 Å². The lowest BCUT2D eigenvalue weighted by Crippen LogP contribution is -2.14. The summed E-state index contributed by atoms with van der Waals surface area (Å²) in [4.78, 5) is 10.3. The zero-order valence-corrected chi connectivity index (χ0v) is 20.2. The quantitative estimate of drug-likeness (QED) is 0.265. The zero-order valence-electron chi connectivity index (χ0n) is 20.2. The molecule has 0 N–H and O–H groups in total. The summed E-state index contributed by atoms with van der Waals surface area (Å²) in [6.07, 6.45) is 6.39. The Kier molecular flexibility index (Phi) is 5.66. The molecule has 2 heterocycles. The van der Waals surface area contributed by atoms with E-state index in [1.807, 2.05) is 6.07 Å². The van der Waals surface area contributed by atoms with E-state index in [0.717, 1.165) is 51.1 Å². The second-order valence-electron chi connectivity index (χ2n) is 10.2. The molecule has 1 aliphatic carbocycles. The first-order chi connectivity index (χ1) is 17.2. The zero-order chi connectivity index (χ0) is 23.7. The van der Waals surface area contributed by atoms with E-state index < -0.39 is 0 Å². The normalized spacial score (nSPS) is 14.9. The van der Waals surface area contributed by atoms with Gasteiger partial charge in [-0.05, 0) is 48.4 Å². The molecule has 0 radical (unpaired) electrons. The monoisotopic (exact) mass is 454 g/mol. The highest BCUT2D eigenvalue weighted by atomic mass is 14.7. The second-order valence-corrected chi connectivity index (χ2v) is 10.2. The lowest BCUT2D eigenvalue weighted by Gasteiger charge is -2.24. The molecule has 2 heteroatoms. The third-order valence-electron chi connectivity index (χ3n) is 7.46. The number of rotatable bonds is 5. The van der Waals surface area contributed by atoms with E-state index in [4.69, 9.17) is 9.97 Å². The highest BCUT2D eigenvalue weighted by Crippen LogP contribution is 2.41. The van der Waals surface area contributed by atoms with Gasteiger partial charge in [-0.1, -0.05) is 105 Å². The van der Waals surface area contributed by atoms with Gasteiger partial charge in [0.2, 0.25) is 0 Å². The number of hydrogen-bond donors (Lipinski definition) is 0. The number of benzene rings is 3. The van der Waals surface area contributed by atoms with Crippen molar-refractivity contribution in [2.45, 2.75) is 39.0 Å². The van der Waals surface area contributed by atoms with Crippen molar-refractivity contribution in [2.75, 3.05) is 0 Å². The van der Waals surface area contributed by atoms with E-state index in [2.05, 4.69) is 104 Å². The van der Waals surface area contributed by atoms with E-state index in [1.54, 1.807) is 0 Å². The SMILES string of the molecule is CC1(Cc2cc(-c3ccccc3)nc(-c3cccc4ccc(-c5ccccc5)nc34)c2)CCCC1. The largest absolute Gasteiger partial charge is 0.248 e. The van der Waals surface area contributed by atoms with Gasteiger partial charge in [0, 0.05) is 22.1 Å². The van der Waals surface area contributed by atoms with Gasteiger partial charge in [-0.3, -0.25) is 0 Å². The van der Waals surface area contributed by atoms with Gasteiger partial charge in [-0.2, -0.15) is 0 Å². The van der Waals surface area contributed by atoms with Crippen molar-refractivity contribution in [1.29, 1.82) is 0 Å². The Hall–Kier alpha value is -3.78. The van der Waals surface area contributed by atoms with Gasteiger partial charge in [0.1, 0.15) is 0 Å². The predicted molar refractivity (Wildman–Crippen MR) is 146 cm³/mol. The van der Waals surface area contributed by atoms with Crippen molar-refractivity contribution in [2.24, 2.45) is 5.41 Å². The molecule has 1 saturated carbocycles. The summed E-state index contributed by atoms with van der Waals surface area (Å²) in [7, 11) is 0. The molecule has 1 aliphatic rings. The van der Waals surface area contributed by atoms with E-state index in [9.17, 15) is 0 Å². The molecular formula is C33H30N2. The third-order valence-corrected chi connectivity index (χ3v) is 7.46. The summed E-state index contributed by atoms with van der Waals surface area (Å²) in [6, 6.07) is 36.3. The smallest absolute Gasteiger partial charge is 0.0803 e. The van der Waals surface area contributed by atoms with Crippen LogP contribution in [-0.2, 0) is 6.42 Å². The minimum atomic E-state index is 0.379. The van der Waals surface area contributed by atoms with Crippen molar-refractivity contribution < 1.29 is 0 Å². The van der Waals surface area contributed by atoms with Crippen LogP contribution >= 0.6 is 0 Å². The summed E-state index contributed by atoms with van der Waals surface area (Å²) in [5.41, 5.74) is 9.17. The van der Waals surface area contributed by atoms with Crippen molar-refractivity contribution in [1.82, 2.24) is 9.97 Å². The molecule has 0 aliphatic heterocycles. The van der Waals surface area contributed by atoms with Crippen LogP contribution in [0.1, 0.15) is 38.2 Å². The molecule has 172 valence electrons. The lowest BCUT2D eigenvalue weighted by molar-refractivity contribution is 0.334.